The van der Waals surface area contributed by atoms with Crippen molar-refractivity contribution in [2.75, 3.05) is 0 Å². The second-order valence-corrected chi connectivity index (χ2v) is 4.46. The number of aryl methyl sites for hydroxylation is 2. The lowest BCUT2D eigenvalue weighted by Gasteiger charge is -2.15. The van der Waals surface area contributed by atoms with Crippen LogP contribution in [0.5, 0.6) is 0 Å². The molecule has 0 bridgehead atoms. The van der Waals surface area contributed by atoms with E-state index in [0.717, 1.165) is 22.8 Å². The average molecular weight is 216 g/mol. The van der Waals surface area contributed by atoms with Crippen LogP contribution in [0.2, 0.25) is 5.02 Å². The third-order valence-electron chi connectivity index (χ3n) is 2.55. The molecule has 0 saturated heterocycles. The highest BCUT2D eigenvalue weighted by atomic mass is 35.5. The van der Waals surface area contributed by atoms with Crippen LogP contribution in [0.1, 0.15) is 25.2 Å². The molecule has 80 valence electrons. The molecular formula is C10H18ClN3. The standard InChI is InChI=1S/C10H18ClN3/c1-6(2)8(12)5-9-10(11)7(3)13-14(9)4/h6,8H,5,12H2,1-4H3. The molecule has 0 aliphatic rings. The Hall–Kier alpha value is -0.540. The number of hydrogen-bond acceptors (Lipinski definition) is 2. The highest BCUT2D eigenvalue weighted by Crippen LogP contribution is 2.21. The van der Waals surface area contributed by atoms with Gasteiger partial charge in [0.25, 0.3) is 0 Å². The molecule has 1 unspecified atom stereocenters. The molecule has 14 heavy (non-hydrogen) atoms. The van der Waals surface area contributed by atoms with Gasteiger partial charge in [0.05, 0.1) is 16.4 Å². The van der Waals surface area contributed by atoms with Gasteiger partial charge in [-0.2, -0.15) is 5.10 Å². The topological polar surface area (TPSA) is 43.8 Å². The van der Waals surface area contributed by atoms with Crippen molar-refractivity contribution in [1.29, 1.82) is 0 Å². The van der Waals surface area contributed by atoms with Crippen molar-refractivity contribution >= 4 is 11.6 Å². The van der Waals surface area contributed by atoms with Crippen molar-refractivity contribution in [2.45, 2.75) is 33.2 Å². The van der Waals surface area contributed by atoms with Crippen LogP contribution in [0.25, 0.3) is 0 Å². The zero-order valence-corrected chi connectivity index (χ0v) is 9.97. The van der Waals surface area contributed by atoms with Crippen LogP contribution in [-0.4, -0.2) is 15.8 Å². The Balaban J connectivity index is 2.86. The molecule has 2 N–H and O–H groups in total. The summed E-state index contributed by atoms with van der Waals surface area (Å²) in [5.74, 6) is 0.460. The number of halogens is 1. The first-order valence-corrected chi connectivity index (χ1v) is 5.24. The third kappa shape index (κ3) is 2.28. The maximum absolute atomic E-state index is 6.12. The number of hydrogen-bond donors (Lipinski definition) is 1. The minimum Gasteiger partial charge on any atom is -0.327 e. The molecule has 1 rings (SSSR count). The van der Waals surface area contributed by atoms with E-state index in [1.165, 1.54) is 0 Å². The molecule has 0 radical (unpaired) electrons. The molecule has 1 aromatic rings. The van der Waals surface area contributed by atoms with E-state index in [1.54, 1.807) is 0 Å². The zero-order valence-electron chi connectivity index (χ0n) is 9.21. The number of nitrogens with two attached hydrogens (primary N) is 1. The molecule has 0 aromatic carbocycles. The van der Waals surface area contributed by atoms with Gasteiger partial charge in [-0.1, -0.05) is 25.4 Å². The lowest BCUT2D eigenvalue weighted by molar-refractivity contribution is 0.477. The van der Waals surface area contributed by atoms with E-state index < -0.39 is 0 Å². The first-order valence-electron chi connectivity index (χ1n) is 4.87. The molecule has 1 aromatic heterocycles. The van der Waals surface area contributed by atoms with E-state index in [2.05, 4.69) is 18.9 Å². The molecule has 3 nitrogen and oxygen atoms in total. The van der Waals surface area contributed by atoms with Gasteiger partial charge in [-0.15, -0.1) is 0 Å². The van der Waals surface area contributed by atoms with E-state index in [9.17, 15) is 0 Å². The Morgan fingerprint density at radius 1 is 1.50 bits per heavy atom. The van der Waals surface area contributed by atoms with E-state index >= 15 is 0 Å². The minimum atomic E-state index is 0.141. The van der Waals surface area contributed by atoms with Crippen molar-refractivity contribution in [2.24, 2.45) is 18.7 Å². The SMILES string of the molecule is Cc1nn(C)c(CC(N)C(C)C)c1Cl. The van der Waals surface area contributed by atoms with Crippen molar-refractivity contribution < 1.29 is 0 Å². The minimum absolute atomic E-state index is 0.141. The predicted octanol–water partition coefficient (Wildman–Crippen LogP) is 1.91. The quantitative estimate of drug-likeness (QED) is 0.837. The molecule has 1 heterocycles. The lowest BCUT2D eigenvalue weighted by Crippen LogP contribution is -2.29. The Bertz CT molecular complexity index is 317. The third-order valence-corrected chi connectivity index (χ3v) is 3.04. The maximum Gasteiger partial charge on any atom is 0.0847 e. The van der Waals surface area contributed by atoms with Gasteiger partial charge in [0, 0.05) is 19.5 Å². The van der Waals surface area contributed by atoms with Crippen molar-refractivity contribution in [3.63, 3.8) is 0 Å². The lowest BCUT2D eigenvalue weighted by atomic mass is 10.0. The fraction of sp³-hybridized carbons (Fsp3) is 0.700. The Kier molecular flexibility index (Phi) is 3.56. The van der Waals surface area contributed by atoms with Gasteiger partial charge in [0.1, 0.15) is 0 Å². The van der Waals surface area contributed by atoms with Crippen LogP contribution in [0.15, 0.2) is 0 Å². The summed E-state index contributed by atoms with van der Waals surface area (Å²) in [7, 11) is 1.90. The summed E-state index contributed by atoms with van der Waals surface area (Å²) >= 11 is 6.12. The fourth-order valence-electron chi connectivity index (χ4n) is 1.36. The molecule has 0 saturated carbocycles. The van der Waals surface area contributed by atoms with Crippen molar-refractivity contribution in [1.82, 2.24) is 9.78 Å². The largest absolute Gasteiger partial charge is 0.327 e. The zero-order chi connectivity index (χ0) is 10.9. The summed E-state index contributed by atoms with van der Waals surface area (Å²) in [5, 5.41) is 5.01. The smallest absolute Gasteiger partial charge is 0.0847 e. The normalized spacial score (nSPS) is 13.6. The van der Waals surface area contributed by atoms with Gasteiger partial charge in [-0.3, -0.25) is 4.68 Å². The summed E-state index contributed by atoms with van der Waals surface area (Å²) in [4.78, 5) is 0. The van der Waals surface area contributed by atoms with Crippen LogP contribution < -0.4 is 5.73 Å². The van der Waals surface area contributed by atoms with Crippen LogP contribution in [0, 0.1) is 12.8 Å². The van der Waals surface area contributed by atoms with E-state index in [4.69, 9.17) is 17.3 Å². The Morgan fingerprint density at radius 2 is 2.07 bits per heavy atom. The first-order chi connectivity index (χ1) is 6.43. The highest BCUT2D eigenvalue weighted by molar-refractivity contribution is 6.31. The second kappa shape index (κ2) is 4.32. The van der Waals surface area contributed by atoms with E-state index in [0.29, 0.717) is 5.92 Å². The van der Waals surface area contributed by atoms with Crippen LogP contribution in [0.3, 0.4) is 0 Å². The average Bonchev–Trinajstić information content (AvgIpc) is 2.32. The molecule has 0 aliphatic carbocycles. The fourth-order valence-corrected chi connectivity index (χ4v) is 1.60. The number of nitrogens with zero attached hydrogens (tertiary/aromatic N) is 2. The number of aromatic nitrogens is 2. The summed E-state index contributed by atoms with van der Waals surface area (Å²) in [6.45, 7) is 6.14. The van der Waals surface area contributed by atoms with Gasteiger partial charge in [0.2, 0.25) is 0 Å². The van der Waals surface area contributed by atoms with Crippen LogP contribution >= 0.6 is 11.6 Å². The summed E-state index contributed by atoms with van der Waals surface area (Å²) in [6, 6.07) is 0.141. The van der Waals surface area contributed by atoms with Gasteiger partial charge in [-0.25, -0.2) is 0 Å². The Labute approximate surface area is 90.2 Å². The second-order valence-electron chi connectivity index (χ2n) is 4.08. The van der Waals surface area contributed by atoms with E-state index in [1.807, 2.05) is 18.7 Å². The Morgan fingerprint density at radius 3 is 2.43 bits per heavy atom. The maximum atomic E-state index is 6.12. The predicted molar refractivity (Wildman–Crippen MR) is 59.5 cm³/mol. The molecule has 0 amide bonds. The van der Waals surface area contributed by atoms with Crippen LogP contribution in [0.4, 0.5) is 0 Å². The first kappa shape index (κ1) is 11.5. The molecule has 1 atom stereocenters. The monoisotopic (exact) mass is 215 g/mol. The molecular weight excluding hydrogens is 198 g/mol. The molecule has 0 aliphatic heterocycles. The van der Waals surface area contributed by atoms with Gasteiger partial charge < -0.3 is 5.73 Å². The molecule has 4 heteroatoms. The van der Waals surface area contributed by atoms with Gasteiger partial charge in [-0.05, 0) is 12.8 Å². The summed E-state index contributed by atoms with van der Waals surface area (Å²) < 4.78 is 1.82. The van der Waals surface area contributed by atoms with Gasteiger partial charge >= 0.3 is 0 Å². The van der Waals surface area contributed by atoms with Gasteiger partial charge in [0.15, 0.2) is 0 Å². The molecule has 0 spiro atoms. The summed E-state index contributed by atoms with van der Waals surface area (Å²) in [6.07, 6.45) is 0.786. The highest BCUT2D eigenvalue weighted by Gasteiger charge is 2.16. The molecule has 0 fully saturated rings. The van der Waals surface area contributed by atoms with Crippen molar-refractivity contribution in [3.8, 4) is 0 Å². The van der Waals surface area contributed by atoms with Crippen LogP contribution in [-0.2, 0) is 13.5 Å². The van der Waals surface area contributed by atoms with E-state index in [-0.39, 0.29) is 6.04 Å². The number of rotatable bonds is 3. The summed E-state index contributed by atoms with van der Waals surface area (Å²) in [5.41, 5.74) is 7.90. The van der Waals surface area contributed by atoms with Crippen molar-refractivity contribution in [3.05, 3.63) is 16.4 Å².